The van der Waals surface area contributed by atoms with E-state index in [4.69, 9.17) is 0 Å². The quantitative estimate of drug-likeness (QED) is 0.875. The minimum absolute atomic E-state index is 0.181. The van der Waals surface area contributed by atoms with E-state index in [1.165, 1.54) is 54.5 Å². The number of nitrogens with zero attached hydrogens (tertiary/aromatic N) is 3. The van der Waals surface area contributed by atoms with Crippen molar-refractivity contribution in [2.24, 2.45) is 10.5 Å². The first-order chi connectivity index (χ1) is 13.0. The van der Waals surface area contributed by atoms with E-state index in [9.17, 15) is 5.11 Å². The molecule has 0 spiro atoms. The molecule has 1 atom stereocenters. The van der Waals surface area contributed by atoms with Crippen LogP contribution in [0.3, 0.4) is 0 Å². The molecule has 144 valence electrons. The summed E-state index contributed by atoms with van der Waals surface area (Å²) in [6.07, 6.45) is 5.30. The number of aliphatic hydroxyl groups is 1. The standard InChI is InChI=1S/C22H30N4O/c1-22(2)13-16-20-18(14-22)26(12-11-25-9-4-3-5-10-25)17-8-6-7-15(19(17)20)21(27)24-23-16/h6-8,21,24,27H,3-5,9-14H2,1-2H3. The van der Waals surface area contributed by atoms with Gasteiger partial charge in [-0.25, -0.2) is 0 Å². The fourth-order valence-corrected chi connectivity index (χ4v) is 5.24. The molecule has 2 N–H and O–H groups in total. The summed E-state index contributed by atoms with van der Waals surface area (Å²) in [6.45, 7) is 9.23. The zero-order valence-corrected chi connectivity index (χ0v) is 16.5. The summed E-state index contributed by atoms with van der Waals surface area (Å²) in [5.74, 6) is 0. The molecule has 0 saturated carbocycles. The summed E-state index contributed by atoms with van der Waals surface area (Å²) in [5.41, 5.74) is 9.14. The summed E-state index contributed by atoms with van der Waals surface area (Å²) in [6, 6.07) is 6.32. The van der Waals surface area contributed by atoms with E-state index in [1.54, 1.807) is 0 Å². The van der Waals surface area contributed by atoms with Crippen molar-refractivity contribution in [2.75, 3.05) is 19.6 Å². The van der Waals surface area contributed by atoms with Gasteiger partial charge < -0.3 is 14.6 Å². The number of nitrogens with one attached hydrogen (secondary N) is 1. The first-order valence-corrected chi connectivity index (χ1v) is 10.4. The number of hydrazone groups is 1. The van der Waals surface area contributed by atoms with Crippen LogP contribution in [0.15, 0.2) is 23.3 Å². The normalized spacial score (nSPS) is 24.4. The van der Waals surface area contributed by atoms with Gasteiger partial charge in [-0.05, 0) is 50.3 Å². The Hall–Kier alpha value is -1.85. The number of benzene rings is 1. The maximum absolute atomic E-state index is 10.6. The Labute approximate surface area is 161 Å². The highest BCUT2D eigenvalue weighted by Gasteiger charge is 2.37. The second-order valence-corrected chi connectivity index (χ2v) is 9.22. The number of hydrogen-bond acceptors (Lipinski definition) is 4. The van der Waals surface area contributed by atoms with Crippen LogP contribution >= 0.6 is 0 Å². The maximum Gasteiger partial charge on any atom is 0.166 e. The van der Waals surface area contributed by atoms with Gasteiger partial charge >= 0.3 is 0 Å². The van der Waals surface area contributed by atoms with Crippen molar-refractivity contribution < 1.29 is 5.11 Å². The second-order valence-electron chi connectivity index (χ2n) is 9.22. The Bertz CT molecular complexity index is 905. The molecule has 1 aliphatic carbocycles. The molecule has 2 aromatic rings. The van der Waals surface area contributed by atoms with Gasteiger partial charge in [-0.15, -0.1) is 0 Å². The first-order valence-electron chi connectivity index (χ1n) is 10.4. The van der Waals surface area contributed by atoms with Crippen molar-refractivity contribution in [1.82, 2.24) is 14.9 Å². The minimum atomic E-state index is -0.739. The van der Waals surface area contributed by atoms with Gasteiger partial charge in [0, 0.05) is 40.8 Å². The monoisotopic (exact) mass is 366 g/mol. The van der Waals surface area contributed by atoms with Crippen LogP contribution in [-0.2, 0) is 13.0 Å². The van der Waals surface area contributed by atoms with Gasteiger partial charge in [0.15, 0.2) is 6.23 Å². The number of hydrogen-bond donors (Lipinski definition) is 2. The van der Waals surface area contributed by atoms with Crippen LogP contribution in [-0.4, -0.2) is 39.9 Å². The molecule has 1 saturated heterocycles. The van der Waals surface area contributed by atoms with Crippen LogP contribution in [0.4, 0.5) is 0 Å². The van der Waals surface area contributed by atoms with E-state index in [1.807, 2.05) is 6.07 Å². The summed E-state index contributed by atoms with van der Waals surface area (Å²) >= 11 is 0. The van der Waals surface area contributed by atoms with Gasteiger partial charge in [0.25, 0.3) is 0 Å². The molecule has 0 amide bonds. The molecule has 5 nitrogen and oxygen atoms in total. The average molecular weight is 367 g/mol. The molecule has 27 heavy (non-hydrogen) atoms. The number of likely N-dealkylation sites (tertiary alicyclic amines) is 1. The van der Waals surface area contributed by atoms with Crippen LogP contribution in [0.5, 0.6) is 0 Å². The molecule has 3 aliphatic rings. The Morgan fingerprint density at radius 1 is 1.15 bits per heavy atom. The van der Waals surface area contributed by atoms with Gasteiger partial charge in [0.05, 0.1) is 5.71 Å². The third-order valence-electron chi connectivity index (χ3n) is 6.52. The molecular formula is C22H30N4O. The van der Waals surface area contributed by atoms with E-state index < -0.39 is 6.23 Å². The molecule has 3 heterocycles. The number of rotatable bonds is 3. The lowest BCUT2D eigenvalue weighted by atomic mass is 9.75. The molecule has 1 aromatic heterocycles. The minimum Gasteiger partial charge on any atom is -0.368 e. The highest BCUT2D eigenvalue weighted by molar-refractivity contribution is 6.14. The van der Waals surface area contributed by atoms with Crippen molar-refractivity contribution in [3.63, 3.8) is 0 Å². The highest BCUT2D eigenvalue weighted by Crippen LogP contribution is 2.43. The molecule has 1 fully saturated rings. The fourth-order valence-electron chi connectivity index (χ4n) is 5.24. The van der Waals surface area contributed by atoms with E-state index in [0.717, 1.165) is 37.2 Å². The summed E-state index contributed by atoms with van der Waals surface area (Å²) in [4.78, 5) is 2.61. The predicted octanol–water partition coefficient (Wildman–Crippen LogP) is 3.40. The summed E-state index contributed by atoms with van der Waals surface area (Å²) in [5, 5.41) is 16.4. The largest absolute Gasteiger partial charge is 0.368 e. The van der Waals surface area contributed by atoms with Crippen LogP contribution in [0.1, 0.15) is 62.6 Å². The number of piperidine rings is 1. The topological polar surface area (TPSA) is 52.8 Å². The number of aliphatic hydroxyl groups excluding tert-OH is 1. The first kappa shape index (κ1) is 17.3. The molecule has 5 rings (SSSR count). The van der Waals surface area contributed by atoms with Gasteiger partial charge in [0.2, 0.25) is 0 Å². The Morgan fingerprint density at radius 3 is 2.78 bits per heavy atom. The zero-order chi connectivity index (χ0) is 18.6. The predicted molar refractivity (Wildman–Crippen MR) is 109 cm³/mol. The Balaban J connectivity index is 1.64. The number of aromatic nitrogens is 1. The van der Waals surface area contributed by atoms with E-state index in [2.05, 4.69) is 46.0 Å². The van der Waals surface area contributed by atoms with Crippen LogP contribution in [0, 0.1) is 5.41 Å². The highest BCUT2D eigenvalue weighted by atomic mass is 16.3. The van der Waals surface area contributed by atoms with Crippen LogP contribution in [0.25, 0.3) is 10.9 Å². The van der Waals surface area contributed by atoms with Crippen molar-refractivity contribution in [3.8, 4) is 0 Å². The molecule has 2 aliphatic heterocycles. The van der Waals surface area contributed by atoms with Gasteiger partial charge in [-0.1, -0.05) is 32.4 Å². The Morgan fingerprint density at radius 2 is 1.96 bits per heavy atom. The van der Waals surface area contributed by atoms with Crippen molar-refractivity contribution in [1.29, 1.82) is 0 Å². The SMILES string of the molecule is CC1(C)CC2=NNC(O)c3cccc4c3c2c(n4CCN2CCCCC2)C1. The van der Waals surface area contributed by atoms with Crippen molar-refractivity contribution in [3.05, 3.63) is 35.0 Å². The van der Waals surface area contributed by atoms with Crippen LogP contribution in [0.2, 0.25) is 0 Å². The van der Waals surface area contributed by atoms with Crippen molar-refractivity contribution in [2.45, 2.75) is 58.7 Å². The molecule has 1 aromatic carbocycles. The second kappa shape index (κ2) is 6.35. The average Bonchev–Trinajstić information content (AvgIpc) is 2.89. The summed E-state index contributed by atoms with van der Waals surface area (Å²) in [7, 11) is 0. The van der Waals surface area contributed by atoms with Gasteiger partial charge in [0.1, 0.15) is 0 Å². The molecule has 0 bridgehead atoms. The van der Waals surface area contributed by atoms with Crippen LogP contribution < -0.4 is 5.43 Å². The van der Waals surface area contributed by atoms with E-state index in [-0.39, 0.29) is 5.41 Å². The van der Waals surface area contributed by atoms with E-state index >= 15 is 0 Å². The lowest BCUT2D eigenvalue weighted by Crippen LogP contribution is -2.34. The van der Waals surface area contributed by atoms with Gasteiger partial charge in [-0.3, -0.25) is 5.43 Å². The lowest BCUT2D eigenvalue weighted by molar-refractivity contribution is 0.143. The van der Waals surface area contributed by atoms with Gasteiger partial charge in [-0.2, -0.15) is 5.10 Å². The van der Waals surface area contributed by atoms with Crippen molar-refractivity contribution >= 4 is 16.6 Å². The maximum atomic E-state index is 10.6. The molecule has 0 radical (unpaired) electrons. The molecule has 5 heteroatoms. The lowest BCUT2D eigenvalue weighted by Gasteiger charge is -2.32. The Kier molecular flexibility index (Phi) is 4.06. The molecule has 1 unspecified atom stereocenters. The smallest absolute Gasteiger partial charge is 0.166 e. The summed E-state index contributed by atoms with van der Waals surface area (Å²) < 4.78 is 2.53. The fraction of sp³-hybridized carbons (Fsp3) is 0.591. The molecular weight excluding hydrogens is 336 g/mol. The third-order valence-corrected chi connectivity index (χ3v) is 6.52. The zero-order valence-electron chi connectivity index (χ0n) is 16.5. The third kappa shape index (κ3) is 2.88. The van der Waals surface area contributed by atoms with E-state index in [0.29, 0.717) is 0 Å².